The Hall–Kier alpha value is -0.690. The molecule has 0 aliphatic heterocycles. The molecule has 0 bridgehead atoms. The minimum absolute atomic E-state index is 0.117. The summed E-state index contributed by atoms with van der Waals surface area (Å²) in [5, 5.41) is 25.7. The smallest absolute Gasteiger partial charge is 0.308 e. The number of aliphatic hydroxyl groups is 3. The van der Waals surface area contributed by atoms with E-state index in [4.69, 9.17) is 15.3 Å². The summed E-state index contributed by atoms with van der Waals surface area (Å²) in [6, 6.07) is 0. The Morgan fingerprint density at radius 2 is 2.08 bits per heavy atom. The van der Waals surface area contributed by atoms with Crippen molar-refractivity contribution in [3.63, 3.8) is 0 Å². The molecule has 1 unspecified atom stereocenters. The molecule has 0 spiro atoms. The van der Waals surface area contributed by atoms with Crippen LogP contribution in [0, 0.1) is 0 Å². The van der Waals surface area contributed by atoms with Crippen molar-refractivity contribution in [3.05, 3.63) is 0 Å². The van der Waals surface area contributed by atoms with Crippen LogP contribution in [0.25, 0.3) is 0 Å². The first-order valence-electron chi connectivity index (χ1n) is 3.89. The molecule has 0 fully saturated rings. The molecule has 0 aromatic carbocycles. The Labute approximate surface area is 75.7 Å². The summed E-state index contributed by atoms with van der Waals surface area (Å²) in [6.45, 7) is 1.15. The number of carbonyl (C=O) groups excluding carboxylic acids is 1. The topological polar surface area (TPSA) is 96.2 Å². The highest BCUT2D eigenvalue weighted by Gasteiger charge is 2.20. The number of esters is 1. The largest absolute Gasteiger partial charge is 0.430 e. The molecule has 0 saturated carbocycles. The Kier molecular flexibility index (Phi) is 6.43. The predicted molar refractivity (Wildman–Crippen MR) is 41.4 cm³/mol. The van der Waals surface area contributed by atoms with E-state index < -0.39 is 18.5 Å². The number of hydrogen-bond donors (Lipinski definition) is 3. The van der Waals surface area contributed by atoms with Gasteiger partial charge in [0.1, 0.15) is 0 Å². The molecular formula is C7H14O6. The molecule has 0 aromatic rings. The summed E-state index contributed by atoms with van der Waals surface area (Å²) >= 11 is 0. The van der Waals surface area contributed by atoms with Crippen molar-refractivity contribution >= 4 is 5.97 Å². The summed E-state index contributed by atoms with van der Waals surface area (Å²) < 4.78 is 9.12. The molecule has 1 atom stereocenters. The summed E-state index contributed by atoms with van der Waals surface area (Å²) in [4.78, 5) is 10.7. The molecule has 0 rings (SSSR count). The molecule has 0 aromatic heterocycles. The van der Waals surface area contributed by atoms with E-state index in [1.807, 2.05) is 0 Å². The van der Waals surface area contributed by atoms with Gasteiger partial charge in [0.15, 0.2) is 0 Å². The quantitative estimate of drug-likeness (QED) is 0.355. The fraction of sp³-hybridized carbons (Fsp3) is 0.857. The fourth-order valence-corrected chi connectivity index (χ4v) is 0.563. The van der Waals surface area contributed by atoms with Gasteiger partial charge >= 0.3 is 5.97 Å². The van der Waals surface area contributed by atoms with Gasteiger partial charge in [-0.1, -0.05) is 6.92 Å². The number of carbonyl (C=O) groups is 1. The molecule has 78 valence electrons. The van der Waals surface area contributed by atoms with E-state index in [1.165, 1.54) is 0 Å². The van der Waals surface area contributed by atoms with Gasteiger partial charge in [0, 0.05) is 6.42 Å². The third-order valence-corrected chi connectivity index (χ3v) is 1.15. The molecule has 0 radical (unpaired) electrons. The normalized spacial score (nSPS) is 13.0. The average Bonchev–Trinajstić information content (AvgIpc) is 2.11. The molecule has 0 aliphatic carbocycles. The van der Waals surface area contributed by atoms with Gasteiger partial charge < -0.3 is 24.8 Å². The highest BCUT2D eigenvalue weighted by atomic mass is 16.7. The summed E-state index contributed by atoms with van der Waals surface area (Å²) in [5.41, 5.74) is 0. The van der Waals surface area contributed by atoms with Gasteiger partial charge in [-0.25, -0.2) is 0 Å². The lowest BCUT2D eigenvalue weighted by molar-refractivity contribution is -0.249. The van der Waals surface area contributed by atoms with Crippen molar-refractivity contribution in [1.82, 2.24) is 0 Å². The maximum atomic E-state index is 10.7. The second-order valence-corrected chi connectivity index (χ2v) is 2.22. The summed E-state index contributed by atoms with van der Waals surface area (Å²) in [5.74, 6) is -0.601. The van der Waals surface area contributed by atoms with Crippen LogP contribution in [0.2, 0.25) is 0 Å². The standard InChI is InChI=1S/C7H14O6/c1-2-5(9)13-7(6(10)11)12-4-3-8/h6-8,10-11H,2-4H2,1H3. The number of rotatable bonds is 6. The molecule has 6 heteroatoms. The molecule has 6 nitrogen and oxygen atoms in total. The Balaban J connectivity index is 3.87. The van der Waals surface area contributed by atoms with Crippen molar-refractivity contribution in [3.8, 4) is 0 Å². The molecule has 3 N–H and O–H groups in total. The van der Waals surface area contributed by atoms with Gasteiger partial charge in [-0.05, 0) is 0 Å². The molecule has 0 amide bonds. The minimum Gasteiger partial charge on any atom is -0.430 e. The highest BCUT2D eigenvalue weighted by Crippen LogP contribution is 2.01. The Morgan fingerprint density at radius 3 is 2.46 bits per heavy atom. The van der Waals surface area contributed by atoms with Gasteiger partial charge in [0.2, 0.25) is 6.29 Å². The van der Waals surface area contributed by atoms with Crippen molar-refractivity contribution in [2.45, 2.75) is 25.9 Å². The SMILES string of the molecule is CCC(=O)OC(OCCO)C(O)O. The van der Waals surface area contributed by atoms with Gasteiger partial charge in [0.05, 0.1) is 13.2 Å². The van der Waals surface area contributed by atoms with Crippen LogP contribution in [0.1, 0.15) is 13.3 Å². The lowest BCUT2D eigenvalue weighted by atomic mass is 10.5. The lowest BCUT2D eigenvalue weighted by Crippen LogP contribution is -2.34. The molecule has 0 heterocycles. The molecular weight excluding hydrogens is 180 g/mol. The summed E-state index contributed by atoms with van der Waals surface area (Å²) in [6.07, 6.45) is -3.22. The summed E-state index contributed by atoms with van der Waals surface area (Å²) in [7, 11) is 0. The third-order valence-electron chi connectivity index (χ3n) is 1.15. The molecule has 13 heavy (non-hydrogen) atoms. The first-order valence-corrected chi connectivity index (χ1v) is 3.89. The zero-order valence-corrected chi connectivity index (χ0v) is 7.34. The fourth-order valence-electron chi connectivity index (χ4n) is 0.563. The van der Waals surface area contributed by atoms with E-state index in [9.17, 15) is 4.79 Å². The van der Waals surface area contributed by atoms with E-state index in [1.54, 1.807) is 6.92 Å². The average molecular weight is 194 g/mol. The maximum absolute atomic E-state index is 10.7. The van der Waals surface area contributed by atoms with Crippen molar-refractivity contribution < 1.29 is 29.6 Å². The first kappa shape index (κ1) is 12.3. The third kappa shape index (κ3) is 5.53. The van der Waals surface area contributed by atoms with Crippen molar-refractivity contribution in [1.29, 1.82) is 0 Å². The van der Waals surface area contributed by atoms with Gasteiger partial charge in [0.25, 0.3) is 6.29 Å². The Bertz CT molecular complexity index is 146. The van der Waals surface area contributed by atoms with E-state index >= 15 is 0 Å². The lowest BCUT2D eigenvalue weighted by Gasteiger charge is -2.18. The monoisotopic (exact) mass is 194 g/mol. The zero-order chi connectivity index (χ0) is 10.3. The van der Waals surface area contributed by atoms with Gasteiger partial charge in [-0.2, -0.15) is 0 Å². The van der Waals surface area contributed by atoms with E-state index in [2.05, 4.69) is 9.47 Å². The predicted octanol–water partition coefficient (Wildman–Crippen LogP) is -1.41. The number of ether oxygens (including phenoxy) is 2. The number of hydrogen-bond acceptors (Lipinski definition) is 6. The van der Waals surface area contributed by atoms with Crippen molar-refractivity contribution in [2.75, 3.05) is 13.2 Å². The first-order chi connectivity index (χ1) is 6.11. The second-order valence-electron chi connectivity index (χ2n) is 2.22. The highest BCUT2D eigenvalue weighted by molar-refractivity contribution is 5.68. The van der Waals surface area contributed by atoms with Crippen LogP contribution in [0.4, 0.5) is 0 Å². The zero-order valence-electron chi connectivity index (χ0n) is 7.34. The minimum atomic E-state index is -1.90. The van der Waals surface area contributed by atoms with Crippen LogP contribution in [-0.4, -0.2) is 47.1 Å². The van der Waals surface area contributed by atoms with Crippen molar-refractivity contribution in [2.24, 2.45) is 0 Å². The van der Waals surface area contributed by atoms with E-state index in [-0.39, 0.29) is 19.6 Å². The van der Waals surface area contributed by atoms with Crippen LogP contribution in [0.15, 0.2) is 0 Å². The Morgan fingerprint density at radius 1 is 1.46 bits per heavy atom. The van der Waals surface area contributed by atoms with Crippen LogP contribution in [-0.2, 0) is 14.3 Å². The maximum Gasteiger partial charge on any atom is 0.308 e. The van der Waals surface area contributed by atoms with Crippen LogP contribution < -0.4 is 0 Å². The molecule has 0 aliphatic rings. The molecule has 0 saturated heterocycles. The van der Waals surface area contributed by atoms with Crippen LogP contribution in [0.5, 0.6) is 0 Å². The van der Waals surface area contributed by atoms with E-state index in [0.717, 1.165) is 0 Å². The van der Waals surface area contributed by atoms with Crippen LogP contribution >= 0.6 is 0 Å². The van der Waals surface area contributed by atoms with Gasteiger partial charge in [-0.3, -0.25) is 4.79 Å². The van der Waals surface area contributed by atoms with E-state index in [0.29, 0.717) is 0 Å². The van der Waals surface area contributed by atoms with Gasteiger partial charge in [-0.15, -0.1) is 0 Å². The number of aliphatic hydroxyl groups excluding tert-OH is 2. The second kappa shape index (κ2) is 6.79. The van der Waals surface area contributed by atoms with Crippen LogP contribution in [0.3, 0.4) is 0 Å².